The molecule has 5 nitrogen and oxygen atoms in total. The number of methoxy groups -OCH3 is 2. The third-order valence-corrected chi connectivity index (χ3v) is 5.56. The first-order valence-electron chi connectivity index (χ1n) is 9.46. The molecule has 0 amide bonds. The Morgan fingerprint density at radius 2 is 1.53 bits per heavy atom. The summed E-state index contributed by atoms with van der Waals surface area (Å²) in [5.41, 5.74) is 3.08. The topological polar surface area (TPSA) is 54.0 Å². The predicted molar refractivity (Wildman–Crippen MR) is 117 cm³/mol. The Labute approximate surface area is 183 Å². The minimum absolute atomic E-state index is 0.0684. The largest absolute Gasteiger partial charge is 0.497 e. The van der Waals surface area contributed by atoms with Crippen LogP contribution in [0.15, 0.2) is 65.1 Å². The second-order valence-corrected chi connectivity index (χ2v) is 7.92. The highest BCUT2D eigenvalue weighted by atomic mass is 79.9. The van der Waals surface area contributed by atoms with Gasteiger partial charge in [0.1, 0.15) is 29.1 Å². The number of halogens is 1. The fourth-order valence-electron chi connectivity index (χ4n) is 3.75. The van der Waals surface area contributed by atoms with Crippen LogP contribution in [0.2, 0.25) is 0 Å². The summed E-state index contributed by atoms with van der Waals surface area (Å²) in [7, 11) is 3.28. The molecule has 2 atom stereocenters. The van der Waals surface area contributed by atoms with Crippen molar-refractivity contribution in [3.05, 3.63) is 81.8 Å². The number of fused-ring (bicyclic) bond motifs is 1. The summed E-state index contributed by atoms with van der Waals surface area (Å²) in [6, 6.07) is 19.3. The summed E-state index contributed by atoms with van der Waals surface area (Å²) in [6.07, 6.45) is -0.252. The van der Waals surface area contributed by atoms with E-state index in [0.29, 0.717) is 5.75 Å². The van der Waals surface area contributed by atoms with Gasteiger partial charge in [0, 0.05) is 23.0 Å². The second kappa shape index (κ2) is 8.40. The van der Waals surface area contributed by atoms with E-state index in [0.717, 1.165) is 38.4 Å². The Balaban J connectivity index is 1.80. The van der Waals surface area contributed by atoms with E-state index in [2.05, 4.69) is 22.0 Å². The Hall–Kier alpha value is -2.99. The lowest BCUT2D eigenvalue weighted by molar-refractivity contribution is -0.131. The lowest BCUT2D eigenvalue weighted by atomic mass is 9.85. The third-order valence-electron chi connectivity index (χ3n) is 5.07. The number of carbonyl (C=O) groups is 1. The average molecular weight is 469 g/mol. The maximum absolute atomic E-state index is 11.2. The van der Waals surface area contributed by atoms with E-state index < -0.39 is 0 Å². The summed E-state index contributed by atoms with van der Waals surface area (Å²) in [6.45, 7) is 1.38. The zero-order valence-corrected chi connectivity index (χ0v) is 18.4. The van der Waals surface area contributed by atoms with Gasteiger partial charge in [0.05, 0.1) is 20.1 Å². The van der Waals surface area contributed by atoms with Gasteiger partial charge in [0.25, 0.3) is 0 Å². The molecule has 4 rings (SSSR count). The molecule has 0 saturated carbocycles. The van der Waals surface area contributed by atoms with Crippen molar-refractivity contribution in [1.82, 2.24) is 0 Å². The van der Waals surface area contributed by atoms with Crippen molar-refractivity contribution >= 4 is 21.9 Å². The van der Waals surface area contributed by atoms with Crippen molar-refractivity contribution < 1.29 is 23.7 Å². The predicted octanol–water partition coefficient (Wildman–Crippen LogP) is 5.66. The summed E-state index contributed by atoms with van der Waals surface area (Å²) in [5.74, 6) is 2.36. The molecule has 0 aromatic heterocycles. The van der Waals surface area contributed by atoms with Gasteiger partial charge in [-0.1, -0.05) is 28.1 Å². The smallest absolute Gasteiger partial charge is 0.308 e. The summed E-state index contributed by atoms with van der Waals surface area (Å²) in [4.78, 5) is 11.2. The van der Waals surface area contributed by atoms with Gasteiger partial charge in [-0.15, -0.1) is 0 Å². The standard InChI is InChI=1S/C24H21BrO5/c1-14(26)29-18-7-4-15(5-8-18)24-23(21-12-17(25)6-9-22(21)30-24)16-10-19(27-2)13-20(11-16)28-3/h4-13,23-24H,1-3H3/t23-,24+/m0/s1. The molecule has 0 radical (unpaired) electrons. The van der Waals surface area contributed by atoms with Crippen molar-refractivity contribution in [2.24, 2.45) is 0 Å². The number of carbonyl (C=O) groups excluding carboxylic acids is 1. The first kappa shape index (κ1) is 20.3. The van der Waals surface area contributed by atoms with Crippen LogP contribution in [-0.2, 0) is 4.79 Å². The van der Waals surface area contributed by atoms with Crippen LogP contribution in [0.3, 0.4) is 0 Å². The highest BCUT2D eigenvalue weighted by molar-refractivity contribution is 9.10. The third kappa shape index (κ3) is 4.00. The fourth-order valence-corrected chi connectivity index (χ4v) is 4.13. The number of hydrogen-bond donors (Lipinski definition) is 0. The number of hydrogen-bond acceptors (Lipinski definition) is 5. The molecular formula is C24H21BrO5. The zero-order chi connectivity index (χ0) is 21.3. The van der Waals surface area contributed by atoms with E-state index in [-0.39, 0.29) is 18.0 Å². The summed E-state index contributed by atoms with van der Waals surface area (Å²) >= 11 is 3.58. The van der Waals surface area contributed by atoms with Crippen LogP contribution in [0.1, 0.15) is 35.6 Å². The zero-order valence-electron chi connectivity index (χ0n) is 16.8. The van der Waals surface area contributed by atoms with E-state index in [4.69, 9.17) is 18.9 Å². The van der Waals surface area contributed by atoms with E-state index in [1.54, 1.807) is 26.4 Å². The van der Waals surface area contributed by atoms with Crippen molar-refractivity contribution in [3.8, 4) is 23.0 Å². The molecule has 0 spiro atoms. The quantitative estimate of drug-likeness (QED) is 0.357. The minimum atomic E-state index is -0.349. The van der Waals surface area contributed by atoms with Crippen LogP contribution in [0.4, 0.5) is 0 Å². The average Bonchev–Trinajstić information content (AvgIpc) is 3.12. The molecule has 30 heavy (non-hydrogen) atoms. The number of esters is 1. The van der Waals surface area contributed by atoms with Crippen LogP contribution in [0, 0.1) is 0 Å². The highest BCUT2D eigenvalue weighted by Gasteiger charge is 2.37. The Morgan fingerprint density at radius 1 is 0.867 bits per heavy atom. The highest BCUT2D eigenvalue weighted by Crippen LogP contribution is 2.51. The fraction of sp³-hybridized carbons (Fsp3) is 0.208. The van der Waals surface area contributed by atoms with E-state index in [1.807, 2.05) is 42.5 Å². The van der Waals surface area contributed by atoms with Gasteiger partial charge in [-0.25, -0.2) is 0 Å². The van der Waals surface area contributed by atoms with Crippen LogP contribution in [-0.4, -0.2) is 20.2 Å². The van der Waals surface area contributed by atoms with Gasteiger partial charge in [-0.3, -0.25) is 4.79 Å². The van der Waals surface area contributed by atoms with Crippen LogP contribution in [0.5, 0.6) is 23.0 Å². The molecule has 0 unspecified atom stereocenters. The Morgan fingerprint density at radius 3 is 2.13 bits per heavy atom. The van der Waals surface area contributed by atoms with Crippen LogP contribution >= 0.6 is 15.9 Å². The second-order valence-electron chi connectivity index (χ2n) is 7.01. The molecule has 0 fully saturated rings. The monoisotopic (exact) mass is 468 g/mol. The lowest BCUT2D eigenvalue weighted by Crippen LogP contribution is -2.12. The number of rotatable bonds is 5. The molecular weight excluding hydrogens is 448 g/mol. The molecule has 1 aliphatic rings. The number of ether oxygens (including phenoxy) is 4. The summed E-state index contributed by atoms with van der Waals surface area (Å²) < 4.78 is 23.5. The van der Waals surface area contributed by atoms with Crippen LogP contribution in [0.25, 0.3) is 0 Å². The van der Waals surface area contributed by atoms with E-state index in [1.165, 1.54) is 6.92 Å². The SMILES string of the molecule is COc1cc(OC)cc([C@H]2c3cc(Br)ccc3O[C@@H]2c2ccc(OC(C)=O)cc2)c1. The van der Waals surface area contributed by atoms with Gasteiger partial charge < -0.3 is 18.9 Å². The van der Waals surface area contributed by atoms with Crippen LogP contribution < -0.4 is 18.9 Å². The van der Waals surface area contributed by atoms with E-state index in [9.17, 15) is 4.79 Å². The first-order chi connectivity index (χ1) is 14.5. The molecule has 0 saturated heterocycles. The molecule has 1 aliphatic heterocycles. The van der Waals surface area contributed by atoms with Crippen molar-refractivity contribution in [1.29, 1.82) is 0 Å². The number of benzene rings is 3. The van der Waals surface area contributed by atoms with E-state index >= 15 is 0 Å². The van der Waals surface area contributed by atoms with Crippen molar-refractivity contribution in [2.45, 2.75) is 18.9 Å². The molecule has 3 aromatic carbocycles. The molecule has 0 aliphatic carbocycles. The Kier molecular flexibility index (Phi) is 5.68. The van der Waals surface area contributed by atoms with Gasteiger partial charge >= 0.3 is 5.97 Å². The van der Waals surface area contributed by atoms with Gasteiger partial charge in [-0.05, 0) is 53.6 Å². The van der Waals surface area contributed by atoms with Gasteiger partial charge in [0.2, 0.25) is 0 Å². The molecule has 154 valence electrons. The van der Waals surface area contributed by atoms with Gasteiger partial charge in [-0.2, -0.15) is 0 Å². The van der Waals surface area contributed by atoms with Crippen molar-refractivity contribution in [3.63, 3.8) is 0 Å². The minimum Gasteiger partial charge on any atom is -0.497 e. The maximum atomic E-state index is 11.2. The molecule has 6 heteroatoms. The molecule has 0 bridgehead atoms. The molecule has 0 N–H and O–H groups in total. The lowest BCUT2D eigenvalue weighted by Gasteiger charge is -2.21. The Bertz CT molecular complexity index is 1060. The summed E-state index contributed by atoms with van der Waals surface area (Å²) in [5, 5.41) is 0. The molecule has 3 aromatic rings. The van der Waals surface area contributed by atoms with Crippen molar-refractivity contribution in [2.75, 3.05) is 14.2 Å². The first-order valence-corrected chi connectivity index (χ1v) is 10.2. The van der Waals surface area contributed by atoms with Gasteiger partial charge in [0.15, 0.2) is 0 Å². The molecule has 1 heterocycles. The normalized spacial score (nSPS) is 17.1. The maximum Gasteiger partial charge on any atom is 0.308 e.